The molecule has 2 heterocycles. The van der Waals surface area contributed by atoms with Crippen LogP contribution in [0.5, 0.6) is 5.88 Å². The normalized spacial score (nSPS) is 15.0. The molecule has 0 aliphatic carbocycles. The van der Waals surface area contributed by atoms with Gasteiger partial charge in [0.1, 0.15) is 10.9 Å². The summed E-state index contributed by atoms with van der Waals surface area (Å²) in [6, 6.07) is 14.1. The topological polar surface area (TPSA) is 79.7 Å². The van der Waals surface area contributed by atoms with Crippen LogP contribution in [0.1, 0.15) is 51.0 Å². The molecule has 1 saturated heterocycles. The number of carboxylic acid groups (broad SMARTS) is 1. The summed E-state index contributed by atoms with van der Waals surface area (Å²) in [4.78, 5) is 30.3. The number of amides is 1. The van der Waals surface area contributed by atoms with E-state index in [1.165, 1.54) is 25.7 Å². The van der Waals surface area contributed by atoms with Gasteiger partial charge in [-0.25, -0.2) is 4.98 Å². The number of aromatic nitrogens is 1. The van der Waals surface area contributed by atoms with Crippen molar-refractivity contribution in [2.75, 3.05) is 13.2 Å². The molecule has 0 unspecified atom stereocenters. The molecule has 6 nitrogen and oxygen atoms in total. The molecule has 182 valence electrons. The number of carboxylic acids is 1. The fourth-order valence-electron chi connectivity index (χ4n) is 4.09. The van der Waals surface area contributed by atoms with Gasteiger partial charge in [-0.2, -0.15) is 0 Å². The maximum absolute atomic E-state index is 12.8. The summed E-state index contributed by atoms with van der Waals surface area (Å²) in [5, 5.41) is 12.2. The average molecular weight is 509 g/mol. The van der Waals surface area contributed by atoms with Crippen LogP contribution in [-0.4, -0.2) is 44.3 Å². The lowest BCUT2D eigenvalue weighted by atomic mass is 10.0. The molecule has 3 aromatic rings. The number of rotatable bonds is 11. The zero-order valence-electron chi connectivity index (χ0n) is 19.7. The highest BCUT2D eigenvalue weighted by molar-refractivity contribution is 8.26. The van der Waals surface area contributed by atoms with E-state index in [0.717, 1.165) is 51.2 Å². The number of hydrogen-bond donors (Lipinski definition) is 1. The predicted octanol–water partition coefficient (Wildman–Crippen LogP) is 6.41. The van der Waals surface area contributed by atoms with Gasteiger partial charge < -0.3 is 9.84 Å². The number of ether oxygens (including phenoxy) is 1. The van der Waals surface area contributed by atoms with Gasteiger partial charge in [-0.1, -0.05) is 99.4 Å². The van der Waals surface area contributed by atoms with Crippen LogP contribution in [0.4, 0.5) is 0 Å². The predicted molar refractivity (Wildman–Crippen MR) is 146 cm³/mol. The molecule has 1 aliphatic rings. The van der Waals surface area contributed by atoms with Crippen LogP contribution >= 0.6 is 24.0 Å². The Morgan fingerprint density at radius 3 is 2.66 bits per heavy atom. The smallest absolute Gasteiger partial charge is 0.323 e. The highest BCUT2D eigenvalue weighted by Gasteiger charge is 2.33. The monoisotopic (exact) mass is 508 g/mol. The van der Waals surface area contributed by atoms with E-state index in [0.29, 0.717) is 23.0 Å². The maximum atomic E-state index is 12.8. The van der Waals surface area contributed by atoms with Gasteiger partial charge in [0, 0.05) is 16.3 Å². The molecular formula is C27H28N2O4S2. The lowest BCUT2D eigenvalue weighted by Crippen LogP contribution is -2.33. The fourth-order valence-corrected chi connectivity index (χ4v) is 5.34. The van der Waals surface area contributed by atoms with Gasteiger partial charge in [0.25, 0.3) is 5.91 Å². The lowest BCUT2D eigenvalue weighted by molar-refractivity contribution is -0.140. The number of unbranched alkanes of at least 4 members (excludes halogenated alkanes) is 5. The minimum Gasteiger partial charge on any atom is -0.480 e. The number of nitrogens with zero attached hydrogens (tertiary/aromatic N) is 2. The summed E-state index contributed by atoms with van der Waals surface area (Å²) < 4.78 is 6.38. The zero-order chi connectivity index (χ0) is 24.8. The number of thioether (sulfide) groups is 1. The van der Waals surface area contributed by atoms with E-state index in [9.17, 15) is 9.59 Å². The number of aliphatic carboxylic acids is 1. The standard InChI is InChI=1S/C27H28N2O4S2/c1-2-3-4-5-6-9-14-33-25-20(16-22-26(32)29(17-23(30)31)27(34)35-22)15-19-13-12-18-10-7-8-11-21(18)24(19)28-25/h7-8,10-13,15-16H,2-6,9,14,17H2,1H3,(H,30,31)/b22-16+. The molecule has 0 atom stereocenters. The molecule has 0 bridgehead atoms. The van der Waals surface area contributed by atoms with E-state index < -0.39 is 18.4 Å². The van der Waals surface area contributed by atoms with Crippen LogP contribution in [-0.2, 0) is 9.59 Å². The Bertz CT molecular complexity index is 1310. The molecule has 0 radical (unpaired) electrons. The van der Waals surface area contributed by atoms with Crippen molar-refractivity contribution in [3.63, 3.8) is 0 Å². The minimum absolute atomic E-state index is 0.234. The molecule has 8 heteroatoms. The molecule has 4 rings (SSSR count). The molecule has 0 spiro atoms. The molecule has 1 aromatic heterocycles. The SMILES string of the molecule is CCCCCCCCOc1nc2c(ccc3ccccc32)cc1/C=C1/SC(=S)N(CC(=O)O)C1=O. The molecule has 1 amide bonds. The first-order valence-electron chi connectivity index (χ1n) is 11.9. The van der Waals surface area contributed by atoms with Gasteiger partial charge in [0.15, 0.2) is 0 Å². The van der Waals surface area contributed by atoms with Crippen molar-refractivity contribution < 1.29 is 19.4 Å². The Kier molecular flexibility index (Phi) is 8.36. The van der Waals surface area contributed by atoms with Gasteiger partial charge in [0.05, 0.1) is 17.0 Å². The van der Waals surface area contributed by atoms with E-state index in [-0.39, 0.29) is 4.32 Å². The van der Waals surface area contributed by atoms with Gasteiger partial charge in [0.2, 0.25) is 5.88 Å². The number of pyridine rings is 1. The Labute approximate surface area is 214 Å². The van der Waals surface area contributed by atoms with Crippen LogP contribution < -0.4 is 4.74 Å². The summed E-state index contributed by atoms with van der Waals surface area (Å²) in [5.74, 6) is -1.06. The van der Waals surface area contributed by atoms with E-state index >= 15 is 0 Å². The highest BCUT2D eigenvalue weighted by atomic mass is 32.2. The van der Waals surface area contributed by atoms with Crippen LogP contribution in [0.25, 0.3) is 27.8 Å². The second-order valence-corrected chi connectivity index (χ2v) is 10.2. The van der Waals surface area contributed by atoms with E-state index in [1.54, 1.807) is 6.08 Å². The third-order valence-corrected chi connectivity index (χ3v) is 7.27. The van der Waals surface area contributed by atoms with Crippen molar-refractivity contribution in [3.8, 4) is 5.88 Å². The summed E-state index contributed by atoms with van der Waals surface area (Å²) in [6.45, 7) is 2.29. The first kappa shape index (κ1) is 25.1. The second-order valence-electron chi connectivity index (χ2n) is 8.52. The number of hydrogen-bond acceptors (Lipinski definition) is 6. The van der Waals surface area contributed by atoms with Crippen molar-refractivity contribution in [1.29, 1.82) is 0 Å². The number of thiocarbonyl (C=S) groups is 1. The highest BCUT2D eigenvalue weighted by Crippen LogP contribution is 2.35. The van der Waals surface area contributed by atoms with Crippen LogP contribution in [0, 0.1) is 0 Å². The Balaban J connectivity index is 1.65. The summed E-state index contributed by atoms with van der Waals surface area (Å²) in [7, 11) is 0. The number of benzene rings is 2. The molecule has 0 saturated carbocycles. The first-order chi connectivity index (χ1) is 17.0. The third-order valence-electron chi connectivity index (χ3n) is 5.89. The van der Waals surface area contributed by atoms with Crippen LogP contribution in [0.15, 0.2) is 47.4 Å². The van der Waals surface area contributed by atoms with Gasteiger partial charge in [-0.05, 0) is 23.9 Å². The number of carbonyl (C=O) groups excluding carboxylic acids is 1. The van der Waals surface area contributed by atoms with Crippen LogP contribution in [0.3, 0.4) is 0 Å². The second kappa shape index (κ2) is 11.6. The summed E-state index contributed by atoms with van der Waals surface area (Å²) in [6.07, 6.45) is 8.63. The van der Waals surface area contributed by atoms with Crippen molar-refractivity contribution in [2.24, 2.45) is 0 Å². The van der Waals surface area contributed by atoms with Gasteiger partial charge >= 0.3 is 5.97 Å². The van der Waals surface area contributed by atoms with Crippen molar-refractivity contribution in [3.05, 3.63) is 52.9 Å². The third kappa shape index (κ3) is 6.00. The summed E-state index contributed by atoms with van der Waals surface area (Å²) in [5.41, 5.74) is 1.52. The van der Waals surface area contributed by atoms with Crippen LogP contribution in [0.2, 0.25) is 0 Å². The Hall–Kier alpha value is -2.97. The van der Waals surface area contributed by atoms with Crippen molar-refractivity contribution in [1.82, 2.24) is 9.88 Å². The molecule has 1 N–H and O–H groups in total. The quantitative estimate of drug-likeness (QED) is 0.139. The Morgan fingerprint density at radius 1 is 1.11 bits per heavy atom. The zero-order valence-corrected chi connectivity index (χ0v) is 21.3. The molecule has 1 fully saturated rings. The van der Waals surface area contributed by atoms with Crippen molar-refractivity contribution in [2.45, 2.75) is 45.4 Å². The fraction of sp³-hybridized carbons (Fsp3) is 0.333. The minimum atomic E-state index is -1.11. The molecule has 2 aromatic carbocycles. The van der Waals surface area contributed by atoms with E-state index in [1.807, 2.05) is 36.4 Å². The van der Waals surface area contributed by atoms with Gasteiger partial charge in [-0.15, -0.1) is 0 Å². The van der Waals surface area contributed by atoms with Crippen molar-refractivity contribution >= 4 is 67.9 Å². The molecular weight excluding hydrogens is 480 g/mol. The lowest BCUT2D eigenvalue weighted by Gasteiger charge is -2.12. The Morgan fingerprint density at radius 2 is 1.86 bits per heavy atom. The van der Waals surface area contributed by atoms with Gasteiger partial charge in [-0.3, -0.25) is 14.5 Å². The van der Waals surface area contributed by atoms with E-state index in [2.05, 4.69) is 13.0 Å². The number of carbonyl (C=O) groups is 2. The maximum Gasteiger partial charge on any atom is 0.323 e. The largest absolute Gasteiger partial charge is 0.480 e. The first-order valence-corrected chi connectivity index (χ1v) is 13.1. The summed E-state index contributed by atoms with van der Waals surface area (Å²) >= 11 is 6.34. The molecule has 1 aliphatic heterocycles. The average Bonchev–Trinajstić information content (AvgIpc) is 3.10. The van der Waals surface area contributed by atoms with E-state index in [4.69, 9.17) is 27.0 Å². The number of fused-ring (bicyclic) bond motifs is 3. The molecule has 35 heavy (non-hydrogen) atoms.